The van der Waals surface area contributed by atoms with Crippen LogP contribution >= 0.6 is 0 Å². The van der Waals surface area contributed by atoms with E-state index in [1.54, 1.807) is 0 Å². The summed E-state index contributed by atoms with van der Waals surface area (Å²) in [4.78, 5) is 0. The van der Waals surface area contributed by atoms with Crippen molar-refractivity contribution >= 4 is 0 Å². The van der Waals surface area contributed by atoms with E-state index in [4.69, 9.17) is 5.73 Å². The number of hydrogen-bond acceptors (Lipinski definition) is 2. The van der Waals surface area contributed by atoms with E-state index in [2.05, 4.69) is 50.1 Å². The molecule has 0 aliphatic rings. The topological polar surface area (TPSA) is 43.8 Å². The molecule has 0 radical (unpaired) electrons. The Morgan fingerprint density at radius 3 is 2.37 bits per heavy atom. The number of rotatable bonds is 4. The van der Waals surface area contributed by atoms with E-state index in [9.17, 15) is 0 Å². The highest BCUT2D eigenvalue weighted by Gasteiger charge is 2.13. The van der Waals surface area contributed by atoms with Crippen LogP contribution in [0.15, 0.2) is 24.3 Å². The third-order valence-electron chi connectivity index (χ3n) is 3.66. The van der Waals surface area contributed by atoms with Gasteiger partial charge in [0.15, 0.2) is 0 Å². The molecule has 1 aromatic heterocycles. The van der Waals surface area contributed by atoms with Gasteiger partial charge in [0.2, 0.25) is 0 Å². The predicted molar refractivity (Wildman–Crippen MR) is 80.2 cm³/mol. The Hall–Kier alpha value is -1.61. The van der Waals surface area contributed by atoms with Crippen LogP contribution in [0.1, 0.15) is 36.6 Å². The summed E-state index contributed by atoms with van der Waals surface area (Å²) in [6, 6.07) is 8.71. The average Bonchev–Trinajstić information content (AvgIpc) is 2.67. The molecule has 3 nitrogen and oxygen atoms in total. The number of hydrogen-bond donors (Lipinski definition) is 1. The zero-order valence-electron chi connectivity index (χ0n) is 12.3. The van der Waals surface area contributed by atoms with Gasteiger partial charge in [-0.05, 0) is 30.5 Å². The second-order valence-electron chi connectivity index (χ2n) is 5.36. The molecule has 0 unspecified atom stereocenters. The Morgan fingerprint density at radius 1 is 1.21 bits per heavy atom. The van der Waals surface area contributed by atoms with Gasteiger partial charge in [0.1, 0.15) is 0 Å². The van der Waals surface area contributed by atoms with Gasteiger partial charge in [-0.3, -0.25) is 4.68 Å². The lowest BCUT2D eigenvalue weighted by atomic mass is 9.99. The quantitative estimate of drug-likeness (QED) is 0.915. The van der Waals surface area contributed by atoms with Crippen LogP contribution in [-0.4, -0.2) is 16.3 Å². The Morgan fingerprint density at radius 2 is 1.84 bits per heavy atom. The number of benzene rings is 1. The SMILES string of the molecule is Cc1c(-c2ccc(C(C)C)cc2)nn(C)c1CCN. The van der Waals surface area contributed by atoms with Crippen molar-refractivity contribution in [3.63, 3.8) is 0 Å². The molecule has 0 bridgehead atoms. The minimum absolute atomic E-state index is 0.562. The Bertz CT molecular complexity index is 550. The third kappa shape index (κ3) is 2.71. The van der Waals surface area contributed by atoms with Gasteiger partial charge in [0, 0.05) is 24.7 Å². The lowest BCUT2D eigenvalue weighted by Crippen LogP contribution is -2.08. The highest BCUT2D eigenvalue weighted by Crippen LogP contribution is 2.26. The van der Waals surface area contributed by atoms with Crippen LogP contribution in [-0.2, 0) is 13.5 Å². The second kappa shape index (κ2) is 5.57. The second-order valence-corrected chi connectivity index (χ2v) is 5.36. The van der Waals surface area contributed by atoms with Crippen LogP contribution in [0.2, 0.25) is 0 Å². The molecule has 2 aromatic rings. The standard InChI is InChI=1S/C16H23N3/c1-11(2)13-5-7-14(8-6-13)16-12(3)15(9-10-17)19(4)18-16/h5-8,11H,9-10,17H2,1-4H3. The van der Waals surface area contributed by atoms with Crippen molar-refractivity contribution in [1.29, 1.82) is 0 Å². The van der Waals surface area contributed by atoms with Gasteiger partial charge in [0.25, 0.3) is 0 Å². The van der Waals surface area contributed by atoms with Gasteiger partial charge in [-0.15, -0.1) is 0 Å². The fourth-order valence-corrected chi connectivity index (χ4v) is 2.45. The fourth-order valence-electron chi connectivity index (χ4n) is 2.45. The fraction of sp³-hybridized carbons (Fsp3) is 0.438. The van der Waals surface area contributed by atoms with Gasteiger partial charge in [-0.2, -0.15) is 5.10 Å². The average molecular weight is 257 g/mol. The molecular weight excluding hydrogens is 234 g/mol. The van der Waals surface area contributed by atoms with Crippen LogP contribution in [0.25, 0.3) is 11.3 Å². The molecule has 3 heteroatoms. The van der Waals surface area contributed by atoms with Crippen molar-refractivity contribution in [1.82, 2.24) is 9.78 Å². The van der Waals surface area contributed by atoms with E-state index >= 15 is 0 Å². The molecule has 1 aromatic carbocycles. The van der Waals surface area contributed by atoms with Gasteiger partial charge in [-0.25, -0.2) is 0 Å². The Kier molecular flexibility index (Phi) is 4.05. The van der Waals surface area contributed by atoms with E-state index < -0.39 is 0 Å². The maximum Gasteiger partial charge on any atom is 0.0955 e. The lowest BCUT2D eigenvalue weighted by molar-refractivity contribution is 0.706. The molecule has 0 amide bonds. The minimum atomic E-state index is 0.562. The van der Waals surface area contributed by atoms with E-state index in [0.29, 0.717) is 12.5 Å². The summed E-state index contributed by atoms with van der Waals surface area (Å²) in [7, 11) is 1.99. The first-order valence-corrected chi connectivity index (χ1v) is 6.87. The number of nitrogens with two attached hydrogens (primary N) is 1. The Balaban J connectivity index is 2.39. The smallest absolute Gasteiger partial charge is 0.0955 e. The summed E-state index contributed by atoms with van der Waals surface area (Å²) in [6.07, 6.45) is 0.874. The molecule has 2 rings (SSSR count). The maximum atomic E-state index is 5.66. The third-order valence-corrected chi connectivity index (χ3v) is 3.66. The molecule has 0 spiro atoms. The molecule has 0 aliphatic heterocycles. The molecule has 0 atom stereocenters. The maximum absolute atomic E-state index is 5.66. The normalized spacial score (nSPS) is 11.3. The first kappa shape index (κ1) is 13.8. The largest absolute Gasteiger partial charge is 0.330 e. The zero-order valence-corrected chi connectivity index (χ0v) is 12.3. The van der Waals surface area contributed by atoms with Gasteiger partial charge < -0.3 is 5.73 Å². The molecule has 2 N–H and O–H groups in total. The summed E-state index contributed by atoms with van der Waals surface area (Å²) < 4.78 is 1.95. The van der Waals surface area contributed by atoms with Crippen LogP contribution in [0.4, 0.5) is 0 Å². The summed E-state index contributed by atoms with van der Waals surface area (Å²) in [6.45, 7) is 7.20. The summed E-state index contributed by atoms with van der Waals surface area (Å²) >= 11 is 0. The van der Waals surface area contributed by atoms with Gasteiger partial charge >= 0.3 is 0 Å². The van der Waals surface area contributed by atoms with E-state index in [-0.39, 0.29) is 0 Å². The Labute approximate surface area is 115 Å². The van der Waals surface area contributed by atoms with Crippen molar-refractivity contribution in [2.24, 2.45) is 12.8 Å². The summed E-state index contributed by atoms with van der Waals surface area (Å²) in [5.41, 5.74) is 11.7. The minimum Gasteiger partial charge on any atom is -0.330 e. The molecule has 19 heavy (non-hydrogen) atoms. The van der Waals surface area contributed by atoms with E-state index in [1.165, 1.54) is 22.4 Å². The first-order valence-electron chi connectivity index (χ1n) is 6.87. The molecule has 102 valence electrons. The summed E-state index contributed by atoms with van der Waals surface area (Å²) in [5, 5.41) is 4.63. The molecule has 0 fully saturated rings. The highest BCUT2D eigenvalue weighted by atomic mass is 15.3. The monoisotopic (exact) mass is 257 g/mol. The van der Waals surface area contributed by atoms with Crippen molar-refractivity contribution in [3.8, 4) is 11.3 Å². The van der Waals surface area contributed by atoms with Crippen LogP contribution in [0.3, 0.4) is 0 Å². The molecule has 0 saturated carbocycles. The van der Waals surface area contributed by atoms with E-state index in [1.807, 2.05) is 11.7 Å². The summed E-state index contributed by atoms with van der Waals surface area (Å²) in [5.74, 6) is 0.562. The molecule has 0 saturated heterocycles. The van der Waals surface area contributed by atoms with Gasteiger partial charge in [0.05, 0.1) is 5.69 Å². The van der Waals surface area contributed by atoms with Crippen LogP contribution in [0.5, 0.6) is 0 Å². The highest BCUT2D eigenvalue weighted by molar-refractivity contribution is 5.64. The molecule has 0 aliphatic carbocycles. The van der Waals surface area contributed by atoms with Crippen molar-refractivity contribution in [2.75, 3.05) is 6.54 Å². The van der Waals surface area contributed by atoms with Crippen molar-refractivity contribution in [3.05, 3.63) is 41.1 Å². The number of aromatic nitrogens is 2. The van der Waals surface area contributed by atoms with Crippen LogP contribution < -0.4 is 5.73 Å². The zero-order chi connectivity index (χ0) is 14.0. The van der Waals surface area contributed by atoms with Crippen molar-refractivity contribution in [2.45, 2.75) is 33.1 Å². The molecule has 1 heterocycles. The van der Waals surface area contributed by atoms with Crippen LogP contribution in [0, 0.1) is 6.92 Å². The first-order chi connectivity index (χ1) is 9.04. The van der Waals surface area contributed by atoms with Gasteiger partial charge in [-0.1, -0.05) is 38.1 Å². The van der Waals surface area contributed by atoms with Crippen molar-refractivity contribution < 1.29 is 0 Å². The number of aryl methyl sites for hydroxylation is 1. The lowest BCUT2D eigenvalue weighted by Gasteiger charge is -2.06. The predicted octanol–water partition coefficient (Wildman–Crippen LogP) is 3.02. The number of nitrogens with zero attached hydrogens (tertiary/aromatic N) is 2. The van der Waals surface area contributed by atoms with E-state index in [0.717, 1.165) is 12.1 Å². The molecular formula is C16H23N3.